The number of nitrogens with one attached hydrogen (secondary N) is 3. The van der Waals surface area contributed by atoms with E-state index in [1.54, 1.807) is 24.1 Å². The normalized spacial score (nSPS) is 17.1. The van der Waals surface area contributed by atoms with Crippen molar-refractivity contribution in [2.24, 2.45) is 0 Å². The first kappa shape index (κ1) is 28.2. The molecule has 41 heavy (non-hydrogen) atoms. The molecular formula is C29H33F2N7O3. The molecule has 1 saturated heterocycles. The molecule has 1 aliphatic rings. The molecule has 0 saturated carbocycles. The van der Waals surface area contributed by atoms with E-state index in [2.05, 4.69) is 30.6 Å². The number of H-pyrrole nitrogens is 1. The molecule has 0 unspecified atom stereocenters. The third-order valence-electron chi connectivity index (χ3n) is 7.11. The fourth-order valence-electron chi connectivity index (χ4n) is 5.02. The monoisotopic (exact) mass is 565 g/mol. The molecule has 2 atom stereocenters. The van der Waals surface area contributed by atoms with Crippen LogP contribution in [0, 0.1) is 25.5 Å². The molecule has 3 heterocycles. The third kappa shape index (κ3) is 6.55. The van der Waals surface area contributed by atoms with E-state index in [9.17, 15) is 13.6 Å². The highest BCUT2D eigenvalue weighted by Crippen LogP contribution is 2.31. The van der Waals surface area contributed by atoms with Gasteiger partial charge in [-0.15, -0.1) is 5.10 Å². The number of ether oxygens (including phenoxy) is 2. The van der Waals surface area contributed by atoms with Crippen molar-refractivity contribution in [2.45, 2.75) is 32.4 Å². The number of benzene rings is 2. The summed E-state index contributed by atoms with van der Waals surface area (Å²) in [5.41, 5.74) is 2.91. The maximum absolute atomic E-state index is 14.1. The minimum atomic E-state index is -0.916. The highest BCUT2D eigenvalue weighted by molar-refractivity contribution is 5.90. The molecule has 0 bridgehead atoms. The number of anilines is 1. The van der Waals surface area contributed by atoms with E-state index in [0.717, 1.165) is 17.4 Å². The molecule has 216 valence electrons. The Balaban J connectivity index is 1.37. The number of carbonyl (C=O) groups is 1. The molecule has 2 aromatic carbocycles. The summed E-state index contributed by atoms with van der Waals surface area (Å²) in [6.45, 7) is 6.15. The molecule has 10 nitrogen and oxygen atoms in total. The topological polar surface area (TPSA) is 109 Å². The Morgan fingerprint density at radius 1 is 1.12 bits per heavy atom. The molecule has 4 aromatic rings. The second kappa shape index (κ2) is 12.5. The van der Waals surface area contributed by atoms with E-state index in [1.165, 1.54) is 6.07 Å². The predicted molar refractivity (Wildman–Crippen MR) is 149 cm³/mol. The van der Waals surface area contributed by atoms with Crippen LogP contribution in [0.1, 0.15) is 28.6 Å². The third-order valence-corrected chi connectivity index (χ3v) is 7.11. The average molecular weight is 566 g/mol. The Bertz CT molecular complexity index is 1490. The van der Waals surface area contributed by atoms with Gasteiger partial charge < -0.3 is 19.8 Å². The second-order valence-electron chi connectivity index (χ2n) is 10.1. The van der Waals surface area contributed by atoms with Gasteiger partial charge in [0.1, 0.15) is 18.2 Å². The van der Waals surface area contributed by atoms with Gasteiger partial charge >= 0.3 is 6.03 Å². The van der Waals surface area contributed by atoms with Crippen molar-refractivity contribution in [3.8, 4) is 11.6 Å². The van der Waals surface area contributed by atoms with Crippen molar-refractivity contribution in [2.75, 3.05) is 38.7 Å². The van der Waals surface area contributed by atoms with Gasteiger partial charge in [0, 0.05) is 44.6 Å². The first-order valence-electron chi connectivity index (χ1n) is 13.3. The molecule has 12 heteroatoms. The highest BCUT2D eigenvalue weighted by Gasteiger charge is 2.35. The van der Waals surface area contributed by atoms with Crippen molar-refractivity contribution in [3.05, 3.63) is 89.0 Å². The van der Waals surface area contributed by atoms with Gasteiger partial charge in [-0.05, 0) is 43.7 Å². The lowest BCUT2D eigenvalue weighted by Crippen LogP contribution is -2.42. The summed E-state index contributed by atoms with van der Waals surface area (Å²) in [6, 6.07) is 12.5. The maximum atomic E-state index is 14.1. The summed E-state index contributed by atoms with van der Waals surface area (Å²) in [6.07, 6.45) is 1.72. The molecule has 0 spiro atoms. The van der Waals surface area contributed by atoms with Crippen LogP contribution in [0.25, 0.3) is 5.69 Å². The van der Waals surface area contributed by atoms with Gasteiger partial charge in [0.15, 0.2) is 11.6 Å². The number of imidazole rings is 1. The average Bonchev–Trinajstić information content (AvgIpc) is 3.66. The zero-order chi connectivity index (χ0) is 28.9. The number of aromatic amines is 1. The van der Waals surface area contributed by atoms with Crippen molar-refractivity contribution in [1.82, 2.24) is 30.0 Å². The molecular weight excluding hydrogens is 532 g/mol. The van der Waals surface area contributed by atoms with Gasteiger partial charge in [-0.3, -0.25) is 10.2 Å². The van der Waals surface area contributed by atoms with Gasteiger partial charge in [0.25, 0.3) is 0 Å². The number of para-hydroxylation sites is 1. The van der Waals surface area contributed by atoms with Crippen LogP contribution >= 0.6 is 0 Å². The standard InChI is InChI=1S/C29H33F2N7O3/c1-18-14-32-26(33-18)17-41-28-19(2)27(38(36-28)21-7-5-4-6-8-21)35-29(39)34-25-16-37(11-12-40-3)15-22(25)20-9-10-23(30)24(31)13-20/h4-10,13-14,22,25H,11-12,15-17H2,1-3H3,(H,32,33)(H2,34,35,39)/t22-,25+/m0/s1. The lowest BCUT2D eigenvalue weighted by molar-refractivity contribution is 0.159. The number of hydrogen-bond acceptors (Lipinski definition) is 6. The van der Waals surface area contributed by atoms with Crippen molar-refractivity contribution in [3.63, 3.8) is 0 Å². The fraction of sp³-hybridized carbons (Fsp3) is 0.345. The molecule has 0 aliphatic carbocycles. The van der Waals surface area contributed by atoms with Crippen LogP contribution in [0.4, 0.5) is 19.4 Å². The molecule has 1 aliphatic heterocycles. The number of urea groups is 1. The van der Waals surface area contributed by atoms with Crippen LogP contribution in [0.5, 0.6) is 5.88 Å². The van der Waals surface area contributed by atoms with Crippen LogP contribution in [0.3, 0.4) is 0 Å². The van der Waals surface area contributed by atoms with Crippen LogP contribution in [-0.4, -0.2) is 70.1 Å². The van der Waals surface area contributed by atoms with E-state index < -0.39 is 17.7 Å². The van der Waals surface area contributed by atoms with Crippen LogP contribution < -0.4 is 15.4 Å². The minimum Gasteiger partial charge on any atom is -0.468 e. The summed E-state index contributed by atoms with van der Waals surface area (Å²) in [7, 11) is 1.62. The number of carbonyl (C=O) groups excluding carboxylic acids is 1. The van der Waals surface area contributed by atoms with E-state index in [-0.39, 0.29) is 18.6 Å². The number of nitrogens with zero attached hydrogens (tertiary/aromatic N) is 4. The Labute approximate surface area is 236 Å². The van der Waals surface area contributed by atoms with Crippen LogP contribution in [-0.2, 0) is 11.3 Å². The number of aryl methyl sites for hydroxylation is 1. The van der Waals surface area contributed by atoms with Gasteiger partial charge in [-0.1, -0.05) is 24.3 Å². The Hall–Kier alpha value is -4.29. The largest absolute Gasteiger partial charge is 0.468 e. The molecule has 0 radical (unpaired) electrons. The molecule has 3 N–H and O–H groups in total. The predicted octanol–water partition coefficient (Wildman–Crippen LogP) is 4.31. The number of amides is 2. The Morgan fingerprint density at radius 2 is 1.93 bits per heavy atom. The van der Waals surface area contributed by atoms with Gasteiger partial charge in [0.2, 0.25) is 5.88 Å². The number of methoxy groups -OCH3 is 1. The Morgan fingerprint density at radius 3 is 2.63 bits per heavy atom. The summed E-state index contributed by atoms with van der Waals surface area (Å²) in [4.78, 5) is 22.9. The summed E-state index contributed by atoms with van der Waals surface area (Å²) in [5, 5.41) is 10.6. The number of rotatable bonds is 10. The first-order chi connectivity index (χ1) is 19.8. The second-order valence-corrected chi connectivity index (χ2v) is 10.1. The lowest BCUT2D eigenvalue weighted by Gasteiger charge is -2.21. The zero-order valence-corrected chi connectivity index (χ0v) is 23.2. The first-order valence-corrected chi connectivity index (χ1v) is 13.3. The van der Waals surface area contributed by atoms with Gasteiger partial charge in [-0.2, -0.15) is 0 Å². The van der Waals surface area contributed by atoms with E-state index >= 15 is 0 Å². The number of hydrogen-bond donors (Lipinski definition) is 3. The summed E-state index contributed by atoms with van der Waals surface area (Å²) in [5.74, 6) is -0.618. The number of aromatic nitrogens is 4. The van der Waals surface area contributed by atoms with Crippen molar-refractivity contribution in [1.29, 1.82) is 0 Å². The smallest absolute Gasteiger partial charge is 0.320 e. The summed E-state index contributed by atoms with van der Waals surface area (Å²) < 4.78 is 40.5. The van der Waals surface area contributed by atoms with E-state index in [4.69, 9.17) is 9.47 Å². The molecule has 2 amide bonds. The Kier molecular flexibility index (Phi) is 8.60. The number of halogens is 2. The number of likely N-dealkylation sites (tertiary alicyclic amines) is 1. The van der Waals surface area contributed by atoms with Crippen LogP contribution in [0.15, 0.2) is 54.7 Å². The minimum absolute atomic E-state index is 0.182. The highest BCUT2D eigenvalue weighted by atomic mass is 19.2. The maximum Gasteiger partial charge on any atom is 0.320 e. The molecule has 2 aromatic heterocycles. The van der Waals surface area contributed by atoms with Crippen molar-refractivity contribution < 1.29 is 23.0 Å². The van der Waals surface area contributed by atoms with Gasteiger partial charge in [-0.25, -0.2) is 23.2 Å². The van der Waals surface area contributed by atoms with E-state index in [0.29, 0.717) is 54.9 Å². The molecule has 1 fully saturated rings. The lowest BCUT2D eigenvalue weighted by atomic mass is 9.94. The SMILES string of the molecule is COCCN1C[C@@H](NC(=O)Nc2c(C)c(OCc3ncc(C)[nH]3)nn2-c2ccccc2)[C@H](c2ccc(F)c(F)c2)C1. The van der Waals surface area contributed by atoms with Crippen molar-refractivity contribution >= 4 is 11.8 Å². The fourth-order valence-corrected chi connectivity index (χ4v) is 5.02. The van der Waals surface area contributed by atoms with Gasteiger partial charge in [0.05, 0.1) is 23.9 Å². The molecule has 5 rings (SSSR count). The zero-order valence-electron chi connectivity index (χ0n) is 23.2. The summed E-state index contributed by atoms with van der Waals surface area (Å²) >= 11 is 0. The quantitative estimate of drug-likeness (QED) is 0.265. The van der Waals surface area contributed by atoms with Crippen LogP contribution in [0.2, 0.25) is 0 Å². The van der Waals surface area contributed by atoms with E-state index in [1.807, 2.05) is 44.2 Å².